The predicted octanol–water partition coefficient (Wildman–Crippen LogP) is 1.18. The molecular weight excluding hydrogens is 197 g/mol. The number of halogens is 1. The van der Waals surface area contributed by atoms with Crippen molar-refractivity contribution < 1.29 is 9.13 Å². The highest BCUT2D eigenvalue weighted by atomic mass is 19.1. The molecule has 0 aliphatic carbocycles. The molecule has 1 aromatic rings. The second-order valence-electron chi connectivity index (χ2n) is 4.42. The van der Waals surface area contributed by atoms with Gasteiger partial charge in [0.1, 0.15) is 5.69 Å². The van der Waals surface area contributed by atoms with Crippen LogP contribution in [0.3, 0.4) is 0 Å². The molecule has 2 bridgehead atoms. The smallest absolute Gasteiger partial charge is 0.188 e. The number of aryl methyl sites for hydroxylation is 1. The Kier molecular flexibility index (Phi) is 1.80. The first-order valence-corrected chi connectivity index (χ1v) is 5.30. The zero-order valence-electron chi connectivity index (χ0n) is 8.61. The van der Waals surface area contributed by atoms with Crippen LogP contribution >= 0.6 is 0 Å². The number of fused-ring (bicyclic) bond motifs is 2. The van der Waals surface area contributed by atoms with E-state index in [-0.39, 0.29) is 23.7 Å². The number of hydrogen-bond acceptors (Lipinski definition) is 3. The van der Waals surface area contributed by atoms with E-state index in [2.05, 4.69) is 5.10 Å². The molecule has 15 heavy (non-hydrogen) atoms. The van der Waals surface area contributed by atoms with E-state index in [1.165, 1.54) is 4.68 Å². The third kappa shape index (κ3) is 1.19. The fourth-order valence-electron chi connectivity index (χ4n) is 2.70. The molecule has 2 aliphatic heterocycles. The van der Waals surface area contributed by atoms with Crippen molar-refractivity contribution in [1.29, 1.82) is 0 Å². The SMILES string of the molecule is Cn1nc(C2CC3CCC2O3)c(F)c1N. The van der Waals surface area contributed by atoms with E-state index >= 15 is 0 Å². The molecule has 2 fully saturated rings. The van der Waals surface area contributed by atoms with Gasteiger partial charge in [-0.15, -0.1) is 0 Å². The summed E-state index contributed by atoms with van der Waals surface area (Å²) in [5.41, 5.74) is 6.04. The maximum Gasteiger partial charge on any atom is 0.188 e. The topological polar surface area (TPSA) is 53.1 Å². The minimum atomic E-state index is -0.362. The molecule has 2 aliphatic rings. The molecule has 1 aromatic heterocycles. The van der Waals surface area contributed by atoms with E-state index in [1.54, 1.807) is 7.05 Å². The third-order valence-electron chi connectivity index (χ3n) is 3.51. The lowest BCUT2D eigenvalue weighted by molar-refractivity contribution is 0.0999. The summed E-state index contributed by atoms with van der Waals surface area (Å²) >= 11 is 0. The molecule has 0 spiro atoms. The summed E-state index contributed by atoms with van der Waals surface area (Å²) in [5.74, 6) is -0.140. The Morgan fingerprint density at radius 3 is 2.80 bits per heavy atom. The van der Waals surface area contributed by atoms with Crippen molar-refractivity contribution in [3.63, 3.8) is 0 Å². The highest BCUT2D eigenvalue weighted by molar-refractivity contribution is 5.36. The molecule has 3 atom stereocenters. The maximum atomic E-state index is 13.7. The van der Waals surface area contributed by atoms with Crippen LogP contribution < -0.4 is 5.73 Å². The summed E-state index contributed by atoms with van der Waals surface area (Å²) in [6.07, 6.45) is 3.47. The van der Waals surface area contributed by atoms with E-state index in [0.29, 0.717) is 11.8 Å². The van der Waals surface area contributed by atoms with Crippen LogP contribution in [0.1, 0.15) is 30.9 Å². The molecule has 82 valence electrons. The van der Waals surface area contributed by atoms with Crippen LogP contribution in [0.25, 0.3) is 0 Å². The van der Waals surface area contributed by atoms with Gasteiger partial charge in [-0.3, -0.25) is 4.68 Å². The van der Waals surface area contributed by atoms with Gasteiger partial charge in [-0.25, -0.2) is 4.39 Å². The number of nitrogens with zero attached hydrogens (tertiary/aromatic N) is 2. The Hall–Kier alpha value is -1.10. The van der Waals surface area contributed by atoms with Gasteiger partial charge in [-0.2, -0.15) is 5.10 Å². The number of anilines is 1. The van der Waals surface area contributed by atoms with Crippen LogP contribution in [0.15, 0.2) is 0 Å². The number of rotatable bonds is 1. The Morgan fingerprint density at radius 1 is 1.53 bits per heavy atom. The minimum Gasteiger partial charge on any atom is -0.381 e. The molecule has 4 nitrogen and oxygen atoms in total. The van der Waals surface area contributed by atoms with Gasteiger partial charge in [0.25, 0.3) is 0 Å². The highest BCUT2D eigenvalue weighted by Gasteiger charge is 2.44. The number of aromatic nitrogens is 2. The highest BCUT2D eigenvalue weighted by Crippen LogP contribution is 2.45. The van der Waals surface area contributed by atoms with Gasteiger partial charge in [0.05, 0.1) is 12.2 Å². The normalized spacial score (nSPS) is 33.9. The fraction of sp³-hybridized carbons (Fsp3) is 0.700. The van der Waals surface area contributed by atoms with Crippen molar-refractivity contribution >= 4 is 5.82 Å². The van der Waals surface area contributed by atoms with E-state index in [4.69, 9.17) is 10.5 Å². The Morgan fingerprint density at radius 2 is 2.33 bits per heavy atom. The fourth-order valence-corrected chi connectivity index (χ4v) is 2.70. The first-order valence-electron chi connectivity index (χ1n) is 5.30. The minimum absolute atomic E-state index is 0.104. The largest absolute Gasteiger partial charge is 0.381 e. The van der Waals surface area contributed by atoms with Crippen molar-refractivity contribution in [2.75, 3.05) is 5.73 Å². The number of nitrogens with two attached hydrogens (primary N) is 1. The van der Waals surface area contributed by atoms with Gasteiger partial charge in [-0.05, 0) is 19.3 Å². The summed E-state index contributed by atoms with van der Waals surface area (Å²) < 4.78 is 20.8. The van der Waals surface area contributed by atoms with E-state index in [0.717, 1.165) is 19.3 Å². The van der Waals surface area contributed by atoms with Crippen molar-refractivity contribution in [2.45, 2.75) is 37.4 Å². The lowest BCUT2D eigenvalue weighted by Gasteiger charge is -2.15. The summed E-state index contributed by atoms with van der Waals surface area (Å²) in [6, 6.07) is 0. The molecule has 0 radical (unpaired) electrons. The van der Waals surface area contributed by atoms with Crippen LogP contribution in [0.5, 0.6) is 0 Å². The second kappa shape index (κ2) is 2.95. The lowest BCUT2D eigenvalue weighted by atomic mass is 9.87. The molecular formula is C10H14FN3O. The average molecular weight is 211 g/mol. The first kappa shape index (κ1) is 9.15. The van der Waals surface area contributed by atoms with Gasteiger partial charge in [0.2, 0.25) is 0 Å². The lowest BCUT2D eigenvalue weighted by Crippen LogP contribution is -2.16. The molecule has 0 aromatic carbocycles. The van der Waals surface area contributed by atoms with E-state index in [9.17, 15) is 4.39 Å². The molecule has 0 amide bonds. The van der Waals surface area contributed by atoms with Crippen molar-refractivity contribution in [1.82, 2.24) is 9.78 Å². The monoisotopic (exact) mass is 211 g/mol. The Bertz CT molecular complexity index is 404. The van der Waals surface area contributed by atoms with Crippen LogP contribution in [-0.2, 0) is 11.8 Å². The summed E-state index contributed by atoms with van der Waals surface area (Å²) in [6.45, 7) is 0. The van der Waals surface area contributed by atoms with Crippen LogP contribution in [-0.4, -0.2) is 22.0 Å². The summed E-state index contributed by atoms with van der Waals surface area (Å²) in [5, 5.41) is 4.15. The van der Waals surface area contributed by atoms with Gasteiger partial charge < -0.3 is 10.5 Å². The standard InChI is InChI=1S/C10H14FN3O/c1-14-10(12)8(11)9(13-14)6-4-5-2-3-7(6)15-5/h5-7H,2-4,12H2,1H3. The zero-order chi connectivity index (χ0) is 10.6. The number of ether oxygens (including phenoxy) is 1. The van der Waals surface area contributed by atoms with Gasteiger partial charge in [0.15, 0.2) is 11.6 Å². The van der Waals surface area contributed by atoms with Gasteiger partial charge >= 0.3 is 0 Å². The number of nitrogen functional groups attached to an aromatic ring is 1. The molecule has 2 saturated heterocycles. The Labute approximate surface area is 87.2 Å². The van der Waals surface area contributed by atoms with Gasteiger partial charge in [-0.1, -0.05) is 0 Å². The van der Waals surface area contributed by atoms with Crippen molar-refractivity contribution in [3.8, 4) is 0 Å². The second-order valence-corrected chi connectivity index (χ2v) is 4.42. The quantitative estimate of drug-likeness (QED) is 0.758. The Balaban J connectivity index is 1.96. The first-order chi connectivity index (χ1) is 7.16. The average Bonchev–Trinajstić information content (AvgIpc) is 2.89. The van der Waals surface area contributed by atoms with E-state index < -0.39 is 0 Å². The van der Waals surface area contributed by atoms with Crippen LogP contribution in [0.4, 0.5) is 10.2 Å². The van der Waals surface area contributed by atoms with Crippen LogP contribution in [0.2, 0.25) is 0 Å². The maximum absolute atomic E-state index is 13.7. The third-order valence-corrected chi connectivity index (χ3v) is 3.51. The molecule has 3 rings (SSSR count). The molecule has 3 unspecified atom stereocenters. The number of hydrogen-bond donors (Lipinski definition) is 1. The van der Waals surface area contributed by atoms with Crippen molar-refractivity contribution in [2.24, 2.45) is 7.05 Å². The summed E-state index contributed by atoms with van der Waals surface area (Å²) in [4.78, 5) is 0. The van der Waals surface area contributed by atoms with Crippen LogP contribution in [0, 0.1) is 5.82 Å². The molecule has 2 N–H and O–H groups in total. The molecule has 0 saturated carbocycles. The molecule has 3 heterocycles. The van der Waals surface area contributed by atoms with Crippen molar-refractivity contribution in [3.05, 3.63) is 11.5 Å². The predicted molar refractivity (Wildman–Crippen MR) is 52.8 cm³/mol. The molecule has 5 heteroatoms. The summed E-state index contributed by atoms with van der Waals surface area (Å²) in [7, 11) is 1.66. The van der Waals surface area contributed by atoms with Gasteiger partial charge in [0, 0.05) is 13.0 Å². The van der Waals surface area contributed by atoms with E-state index in [1.807, 2.05) is 0 Å². The zero-order valence-corrected chi connectivity index (χ0v) is 8.61.